The molecule has 1 heterocycles. The highest BCUT2D eigenvalue weighted by Crippen LogP contribution is 2.31. The number of hydrogen-bond acceptors (Lipinski definition) is 6. The number of benzene rings is 3. The van der Waals surface area contributed by atoms with Crippen LogP contribution in [0.2, 0.25) is 0 Å². The van der Waals surface area contributed by atoms with Gasteiger partial charge in [-0.05, 0) is 35.9 Å². The maximum atomic E-state index is 13.4. The van der Waals surface area contributed by atoms with Gasteiger partial charge in [0.05, 0.1) is 42.4 Å². The lowest BCUT2D eigenvalue weighted by Gasteiger charge is -2.15. The highest BCUT2D eigenvalue weighted by molar-refractivity contribution is 7.98. The predicted octanol–water partition coefficient (Wildman–Crippen LogP) is 4.57. The van der Waals surface area contributed by atoms with E-state index in [1.165, 1.54) is 11.8 Å². The molecule has 3 aromatic carbocycles. The van der Waals surface area contributed by atoms with Crippen LogP contribution in [0.1, 0.15) is 11.1 Å². The van der Waals surface area contributed by atoms with Crippen LogP contribution in [0, 0.1) is 11.3 Å². The fourth-order valence-corrected chi connectivity index (χ4v) is 4.32. The van der Waals surface area contributed by atoms with Crippen molar-refractivity contribution in [3.05, 3.63) is 88.2 Å². The SMILES string of the molecule is COc1ccc(-n2c(SCc3ccccc3C#N)nc3ccccc3c2=O)cc1OC. The molecule has 1 aromatic heterocycles. The van der Waals surface area contributed by atoms with Crippen LogP contribution >= 0.6 is 11.8 Å². The van der Waals surface area contributed by atoms with E-state index in [2.05, 4.69) is 6.07 Å². The normalized spacial score (nSPS) is 10.6. The second-order valence-corrected chi connectivity index (χ2v) is 7.59. The molecule has 0 radical (unpaired) electrons. The first kappa shape index (κ1) is 20.5. The molecule has 0 bridgehead atoms. The fourth-order valence-electron chi connectivity index (χ4n) is 3.30. The molecule has 0 aliphatic rings. The zero-order valence-electron chi connectivity index (χ0n) is 17.0. The molecular formula is C24H19N3O3S. The average Bonchev–Trinajstić information content (AvgIpc) is 2.82. The number of fused-ring (bicyclic) bond motifs is 1. The van der Waals surface area contributed by atoms with E-state index < -0.39 is 0 Å². The van der Waals surface area contributed by atoms with Gasteiger partial charge in [0.1, 0.15) is 0 Å². The molecular weight excluding hydrogens is 410 g/mol. The van der Waals surface area contributed by atoms with Gasteiger partial charge >= 0.3 is 0 Å². The van der Waals surface area contributed by atoms with Crippen molar-refractivity contribution in [3.8, 4) is 23.3 Å². The van der Waals surface area contributed by atoms with E-state index in [0.717, 1.165) is 5.56 Å². The van der Waals surface area contributed by atoms with Crippen molar-refractivity contribution >= 4 is 22.7 Å². The molecule has 0 unspecified atom stereocenters. The number of nitrogens with zero attached hydrogens (tertiary/aromatic N) is 3. The van der Waals surface area contributed by atoms with Gasteiger partial charge in [0.25, 0.3) is 5.56 Å². The maximum Gasteiger partial charge on any atom is 0.266 e. The van der Waals surface area contributed by atoms with Crippen LogP contribution in [0.3, 0.4) is 0 Å². The Kier molecular flexibility index (Phi) is 5.92. The smallest absolute Gasteiger partial charge is 0.266 e. The summed E-state index contributed by atoms with van der Waals surface area (Å²) in [6.45, 7) is 0. The summed E-state index contributed by atoms with van der Waals surface area (Å²) in [6.07, 6.45) is 0. The van der Waals surface area contributed by atoms with Gasteiger partial charge < -0.3 is 9.47 Å². The van der Waals surface area contributed by atoms with Crippen molar-refractivity contribution in [2.45, 2.75) is 10.9 Å². The van der Waals surface area contributed by atoms with Crippen LogP contribution in [0.25, 0.3) is 16.6 Å². The number of nitriles is 1. The standard InChI is InChI=1S/C24H19N3O3S/c1-29-21-12-11-18(13-22(21)30-2)27-23(28)19-9-5-6-10-20(19)26-24(27)31-15-17-8-4-3-7-16(17)14-25/h3-13H,15H2,1-2H3. The summed E-state index contributed by atoms with van der Waals surface area (Å²) in [5.41, 5.74) is 2.57. The summed E-state index contributed by atoms with van der Waals surface area (Å²) < 4.78 is 12.3. The minimum Gasteiger partial charge on any atom is -0.493 e. The Morgan fingerprint density at radius 3 is 2.52 bits per heavy atom. The van der Waals surface area contributed by atoms with E-state index in [-0.39, 0.29) is 5.56 Å². The molecule has 0 saturated carbocycles. The Morgan fingerprint density at radius 2 is 1.74 bits per heavy atom. The lowest BCUT2D eigenvalue weighted by molar-refractivity contribution is 0.354. The lowest BCUT2D eigenvalue weighted by Crippen LogP contribution is -2.21. The first-order valence-corrected chi connectivity index (χ1v) is 10.5. The van der Waals surface area contributed by atoms with E-state index in [1.807, 2.05) is 36.4 Å². The molecule has 6 nitrogen and oxygen atoms in total. The quantitative estimate of drug-likeness (QED) is 0.330. The first-order valence-electron chi connectivity index (χ1n) is 9.51. The summed E-state index contributed by atoms with van der Waals surface area (Å²) in [4.78, 5) is 18.2. The molecule has 7 heteroatoms. The third-order valence-electron chi connectivity index (χ3n) is 4.86. The number of hydrogen-bond donors (Lipinski definition) is 0. The Bertz CT molecular complexity index is 1360. The molecule has 0 saturated heterocycles. The zero-order valence-corrected chi connectivity index (χ0v) is 17.8. The number of para-hydroxylation sites is 1. The van der Waals surface area contributed by atoms with Gasteiger partial charge in [0, 0.05) is 11.8 Å². The van der Waals surface area contributed by atoms with Crippen LogP contribution in [0.5, 0.6) is 11.5 Å². The van der Waals surface area contributed by atoms with E-state index in [4.69, 9.17) is 14.5 Å². The van der Waals surface area contributed by atoms with Gasteiger partial charge in [0.15, 0.2) is 16.7 Å². The highest BCUT2D eigenvalue weighted by atomic mass is 32.2. The number of thioether (sulfide) groups is 1. The molecule has 0 spiro atoms. The number of aromatic nitrogens is 2. The minimum absolute atomic E-state index is 0.172. The fraction of sp³-hybridized carbons (Fsp3) is 0.125. The van der Waals surface area contributed by atoms with Crippen LogP contribution in [0.4, 0.5) is 0 Å². The minimum atomic E-state index is -0.172. The molecule has 0 N–H and O–H groups in total. The average molecular weight is 430 g/mol. The summed E-state index contributed by atoms with van der Waals surface area (Å²) in [7, 11) is 3.12. The summed E-state index contributed by atoms with van der Waals surface area (Å²) >= 11 is 1.41. The lowest BCUT2D eigenvalue weighted by atomic mass is 10.1. The topological polar surface area (TPSA) is 77.1 Å². The van der Waals surface area contributed by atoms with E-state index in [1.54, 1.807) is 49.1 Å². The van der Waals surface area contributed by atoms with Crippen LogP contribution in [-0.2, 0) is 5.75 Å². The molecule has 154 valence electrons. The van der Waals surface area contributed by atoms with Crippen molar-refractivity contribution in [2.24, 2.45) is 0 Å². The third kappa shape index (κ3) is 3.98. The Balaban J connectivity index is 1.86. The van der Waals surface area contributed by atoms with Gasteiger partial charge in [0.2, 0.25) is 0 Å². The summed E-state index contributed by atoms with van der Waals surface area (Å²) in [5, 5.41) is 10.4. The number of rotatable bonds is 6. The molecule has 4 aromatic rings. The monoisotopic (exact) mass is 429 g/mol. The second kappa shape index (κ2) is 8.94. The van der Waals surface area contributed by atoms with Gasteiger partial charge in [-0.3, -0.25) is 9.36 Å². The van der Waals surface area contributed by atoms with Crippen molar-refractivity contribution in [1.82, 2.24) is 9.55 Å². The molecule has 0 atom stereocenters. The summed E-state index contributed by atoms with van der Waals surface area (Å²) in [5.74, 6) is 1.60. The van der Waals surface area contributed by atoms with Gasteiger partial charge in [-0.2, -0.15) is 5.26 Å². The number of ether oxygens (including phenoxy) is 2. The number of methoxy groups -OCH3 is 2. The largest absolute Gasteiger partial charge is 0.493 e. The van der Waals surface area contributed by atoms with Gasteiger partial charge in [-0.15, -0.1) is 0 Å². The van der Waals surface area contributed by atoms with E-state index in [9.17, 15) is 10.1 Å². The molecule has 0 fully saturated rings. The Labute approximate surface area is 183 Å². The first-order chi connectivity index (χ1) is 15.2. The van der Waals surface area contributed by atoms with Crippen LogP contribution in [0.15, 0.2) is 76.7 Å². The van der Waals surface area contributed by atoms with Crippen LogP contribution in [-0.4, -0.2) is 23.8 Å². The second-order valence-electron chi connectivity index (χ2n) is 6.65. The predicted molar refractivity (Wildman–Crippen MR) is 121 cm³/mol. The van der Waals surface area contributed by atoms with Gasteiger partial charge in [-0.25, -0.2) is 4.98 Å². The van der Waals surface area contributed by atoms with Crippen molar-refractivity contribution in [2.75, 3.05) is 14.2 Å². The van der Waals surface area contributed by atoms with E-state index >= 15 is 0 Å². The zero-order chi connectivity index (χ0) is 21.8. The van der Waals surface area contributed by atoms with E-state index in [0.29, 0.717) is 44.6 Å². The molecule has 4 rings (SSSR count). The highest BCUT2D eigenvalue weighted by Gasteiger charge is 2.16. The van der Waals surface area contributed by atoms with Crippen molar-refractivity contribution < 1.29 is 9.47 Å². The third-order valence-corrected chi connectivity index (χ3v) is 5.85. The van der Waals surface area contributed by atoms with Crippen molar-refractivity contribution in [1.29, 1.82) is 5.26 Å². The maximum absolute atomic E-state index is 13.4. The molecule has 0 aliphatic carbocycles. The molecule has 0 amide bonds. The Hall–Kier alpha value is -3.76. The molecule has 31 heavy (non-hydrogen) atoms. The Morgan fingerprint density at radius 1 is 1.00 bits per heavy atom. The summed E-state index contributed by atoms with van der Waals surface area (Å²) in [6, 6.07) is 22.2. The van der Waals surface area contributed by atoms with Crippen LogP contribution < -0.4 is 15.0 Å². The van der Waals surface area contributed by atoms with Crippen molar-refractivity contribution in [3.63, 3.8) is 0 Å². The molecule has 0 aliphatic heterocycles. The van der Waals surface area contributed by atoms with Gasteiger partial charge in [-0.1, -0.05) is 42.1 Å².